The molecule has 2 saturated carbocycles. The van der Waals surface area contributed by atoms with Crippen LogP contribution in [-0.2, 0) is 4.79 Å². The van der Waals surface area contributed by atoms with Crippen LogP contribution in [0.5, 0.6) is 0 Å². The fraction of sp³-hybridized carbons (Fsp3) is 0.462. The molecule has 2 fully saturated rings. The van der Waals surface area contributed by atoms with Crippen LogP contribution in [0.1, 0.15) is 29.8 Å². The van der Waals surface area contributed by atoms with Gasteiger partial charge >= 0.3 is 0 Å². The lowest BCUT2D eigenvalue weighted by Crippen LogP contribution is -2.54. The van der Waals surface area contributed by atoms with Crippen LogP contribution in [0.15, 0.2) is 24.4 Å². The Morgan fingerprint density at radius 2 is 2.11 bits per heavy atom. The zero-order chi connectivity index (χ0) is 12.5. The maximum absolute atomic E-state index is 11.8. The van der Waals surface area contributed by atoms with Crippen LogP contribution in [0.3, 0.4) is 0 Å². The predicted molar refractivity (Wildman–Crippen MR) is 64.2 cm³/mol. The number of nitrogens with zero attached hydrogens (tertiary/aromatic N) is 1. The lowest BCUT2D eigenvalue weighted by Gasteiger charge is -2.51. The second-order valence-corrected chi connectivity index (χ2v) is 5.00. The van der Waals surface area contributed by atoms with E-state index in [0.717, 1.165) is 18.8 Å². The Kier molecular flexibility index (Phi) is 2.74. The maximum Gasteiger partial charge on any atom is 0.288 e. The third-order valence-electron chi connectivity index (χ3n) is 4.08. The molecule has 2 aliphatic rings. The Balaban J connectivity index is 1.49. The Hall–Kier alpha value is -1.91. The average Bonchev–Trinajstić information content (AvgIpc) is 2.39. The fourth-order valence-electron chi connectivity index (χ4n) is 2.80. The van der Waals surface area contributed by atoms with Crippen molar-refractivity contribution in [2.24, 2.45) is 17.8 Å². The third-order valence-corrected chi connectivity index (χ3v) is 4.08. The summed E-state index contributed by atoms with van der Waals surface area (Å²) in [5.41, 5.74) is 5.19. The smallest absolute Gasteiger partial charge is 0.273 e. The van der Waals surface area contributed by atoms with Gasteiger partial charge in [-0.25, -0.2) is 0 Å². The molecule has 0 aromatic carbocycles. The van der Waals surface area contributed by atoms with Crippen molar-refractivity contribution < 1.29 is 9.59 Å². The van der Waals surface area contributed by atoms with Crippen molar-refractivity contribution in [2.45, 2.75) is 19.3 Å². The highest BCUT2D eigenvalue weighted by Crippen LogP contribution is 2.54. The van der Waals surface area contributed by atoms with E-state index in [0.29, 0.717) is 11.6 Å². The minimum absolute atomic E-state index is 0.0692. The number of hydrogen-bond donors (Lipinski definition) is 2. The largest absolute Gasteiger partial charge is 0.288 e. The van der Waals surface area contributed by atoms with Gasteiger partial charge in [0.25, 0.3) is 5.91 Å². The van der Waals surface area contributed by atoms with Gasteiger partial charge in [0.15, 0.2) is 0 Å². The monoisotopic (exact) mass is 245 g/mol. The van der Waals surface area contributed by atoms with Gasteiger partial charge in [0.05, 0.1) is 0 Å². The van der Waals surface area contributed by atoms with Gasteiger partial charge < -0.3 is 0 Å². The molecular formula is C13H15N3O2. The summed E-state index contributed by atoms with van der Waals surface area (Å²) >= 11 is 0. The molecule has 0 bridgehead atoms. The standard InChI is InChI=1S/C13H15N3O2/c17-12(10-7-8-4-5-9(8)10)15-16-13(18)11-3-1-2-6-14-11/h1-3,6,8-10H,4-5,7H2,(H,15,17)(H,16,18)/t8-,9-,10?/m0/s1. The molecule has 1 aromatic heterocycles. The average molecular weight is 245 g/mol. The summed E-state index contributed by atoms with van der Waals surface area (Å²) in [6.45, 7) is 0. The first kappa shape index (κ1) is 11.2. The Morgan fingerprint density at radius 3 is 2.67 bits per heavy atom. The van der Waals surface area contributed by atoms with E-state index in [-0.39, 0.29) is 17.7 Å². The van der Waals surface area contributed by atoms with Crippen molar-refractivity contribution in [1.82, 2.24) is 15.8 Å². The first-order chi connectivity index (χ1) is 8.75. The van der Waals surface area contributed by atoms with Gasteiger partial charge in [0.1, 0.15) is 5.69 Å². The van der Waals surface area contributed by atoms with Crippen LogP contribution in [0.2, 0.25) is 0 Å². The minimum Gasteiger partial charge on any atom is -0.273 e. The highest BCUT2D eigenvalue weighted by molar-refractivity contribution is 5.93. The summed E-state index contributed by atoms with van der Waals surface area (Å²) in [4.78, 5) is 27.4. The highest BCUT2D eigenvalue weighted by atomic mass is 16.2. The molecular weight excluding hydrogens is 230 g/mol. The third kappa shape index (κ3) is 1.85. The molecule has 0 radical (unpaired) electrons. The van der Waals surface area contributed by atoms with Crippen LogP contribution in [0.25, 0.3) is 0 Å². The first-order valence-electron chi connectivity index (χ1n) is 6.27. The summed E-state index contributed by atoms with van der Waals surface area (Å²) in [5, 5.41) is 0. The molecule has 0 aliphatic heterocycles. The number of fused-ring (bicyclic) bond motifs is 1. The van der Waals surface area contributed by atoms with E-state index in [1.165, 1.54) is 6.42 Å². The van der Waals surface area contributed by atoms with Gasteiger partial charge in [-0.2, -0.15) is 0 Å². The topological polar surface area (TPSA) is 71.1 Å². The Bertz CT molecular complexity index is 474. The molecule has 5 nitrogen and oxygen atoms in total. The summed E-state index contributed by atoms with van der Waals surface area (Å²) in [6, 6.07) is 5.07. The lowest BCUT2D eigenvalue weighted by molar-refractivity contribution is -0.140. The van der Waals surface area contributed by atoms with Crippen molar-refractivity contribution >= 4 is 11.8 Å². The molecule has 1 aromatic rings. The van der Waals surface area contributed by atoms with E-state index in [9.17, 15) is 9.59 Å². The quantitative estimate of drug-likeness (QED) is 0.760. The van der Waals surface area contributed by atoms with Crippen LogP contribution in [-0.4, -0.2) is 16.8 Å². The number of hydrogen-bond acceptors (Lipinski definition) is 3. The molecule has 2 aliphatic carbocycles. The van der Waals surface area contributed by atoms with Crippen LogP contribution < -0.4 is 10.9 Å². The molecule has 3 atom stereocenters. The predicted octanol–water partition coefficient (Wildman–Crippen LogP) is 0.889. The second kappa shape index (κ2) is 4.40. The molecule has 1 unspecified atom stereocenters. The molecule has 3 rings (SSSR count). The molecule has 18 heavy (non-hydrogen) atoms. The van der Waals surface area contributed by atoms with E-state index < -0.39 is 0 Å². The molecule has 1 heterocycles. The number of amides is 2. The van der Waals surface area contributed by atoms with Crippen LogP contribution in [0, 0.1) is 17.8 Å². The van der Waals surface area contributed by atoms with E-state index in [1.807, 2.05) is 0 Å². The van der Waals surface area contributed by atoms with E-state index >= 15 is 0 Å². The number of aromatic nitrogens is 1. The van der Waals surface area contributed by atoms with Gasteiger partial charge in [-0.05, 0) is 43.2 Å². The SMILES string of the molecule is O=C(NNC(=O)C1C[C@@H]2CC[C@H]12)c1ccccn1. The van der Waals surface area contributed by atoms with Crippen LogP contribution >= 0.6 is 0 Å². The maximum atomic E-state index is 11.8. The number of carbonyl (C=O) groups excluding carboxylic acids is 2. The van der Waals surface area contributed by atoms with Crippen molar-refractivity contribution in [3.8, 4) is 0 Å². The number of carbonyl (C=O) groups is 2. The number of rotatable bonds is 2. The number of hydrazine groups is 1. The van der Waals surface area contributed by atoms with Crippen LogP contribution in [0.4, 0.5) is 0 Å². The van der Waals surface area contributed by atoms with E-state index in [2.05, 4.69) is 15.8 Å². The molecule has 2 amide bonds. The summed E-state index contributed by atoms with van der Waals surface area (Å²) in [6.07, 6.45) is 4.92. The first-order valence-corrected chi connectivity index (χ1v) is 6.27. The fourth-order valence-corrected chi connectivity index (χ4v) is 2.80. The van der Waals surface area contributed by atoms with Gasteiger partial charge in [-0.3, -0.25) is 25.4 Å². The minimum atomic E-state index is -0.381. The van der Waals surface area contributed by atoms with Gasteiger partial charge in [-0.15, -0.1) is 0 Å². The lowest BCUT2D eigenvalue weighted by atomic mass is 9.53. The van der Waals surface area contributed by atoms with Crippen molar-refractivity contribution in [3.63, 3.8) is 0 Å². The zero-order valence-electron chi connectivity index (χ0n) is 9.93. The molecule has 94 valence electrons. The number of nitrogens with one attached hydrogen (secondary N) is 2. The zero-order valence-corrected chi connectivity index (χ0v) is 9.93. The Morgan fingerprint density at radius 1 is 1.22 bits per heavy atom. The van der Waals surface area contributed by atoms with E-state index in [4.69, 9.17) is 0 Å². The highest BCUT2D eigenvalue weighted by Gasteiger charge is 2.50. The Labute approximate surface area is 105 Å². The van der Waals surface area contributed by atoms with Gasteiger partial charge in [-0.1, -0.05) is 6.07 Å². The summed E-state index contributed by atoms with van der Waals surface area (Å²) in [5.74, 6) is 0.949. The molecule has 2 N–H and O–H groups in total. The van der Waals surface area contributed by atoms with Gasteiger partial charge in [0.2, 0.25) is 5.91 Å². The number of pyridine rings is 1. The normalized spacial score (nSPS) is 28.3. The molecule has 0 spiro atoms. The van der Waals surface area contributed by atoms with Crippen molar-refractivity contribution in [3.05, 3.63) is 30.1 Å². The second-order valence-electron chi connectivity index (χ2n) is 5.00. The summed E-state index contributed by atoms with van der Waals surface area (Å²) in [7, 11) is 0. The van der Waals surface area contributed by atoms with E-state index in [1.54, 1.807) is 24.4 Å². The molecule has 5 heteroatoms. The van der Waals surface area contributed by atoms with Crippen molar-refractivity contribution in [1.29, 1.82) is 0 Å². The van der Waals surface area contributed by atoms with Crippen molar-refractivity contribution in [2.75, 3.05) is 0 Å². The molecule has 0 saturated heterocycles. The van der Waals surface area contributed by atoms with Gasteiger partial charge in [0, 0.05) is 12.1 Å². The summed E-state index contributed by atoms with van der Waals surface area (Å²) < 4.78 is 0.